The van der Waals surface area contributed by atoms with Crippen molar-refractivity contribution >= 4 is 22.5 Å². The number of carbonyl (C=O) groups is 1. The fourth-order valence-corrected chi connectivity index (χ4v) is 3.51. The molecule has 0 radical (unpaired) electrons. The number of carbonyl (C=O) groups excluding carboxylic acids is 1. The third kappa shape index (κ3) is 2.62. The number of urea groups is 1. The molecule has 0 bridgehead atoms. The van der Waals surface area contributed by atoms with Crippen LogP contribution >= 0.6 is 0 Å². The molecule has 4 rings (SSSR count). The van der Waals surface area contributed by atoms with Crippen LogP contribution < -0.4 is 10.6 Å². The summed E-state index contributed by atoms with van der Waals surface area (Å²) in [4.78, 5) is 12.5. The van der Waals surface area contributed by atoms with Crippen molar-refractivity contribution in [3.05, 3.63) is 59.9 Å². The van der Waals surface area contributed by atoms with Gasteiger partial charge >= 0.3 is 6.03 Å². The van der Waals surface area contributed by atoms with Crippen molar-refractivity contribution in [1.82, 2.24) is 15.1 Å². The Kier molecular flexibility index (Phi) is 3.69. The smallest absolute Gasteiger partial charge is 0.319 e. The third-order valence-electron chi connectivity index (χ3n) is 4.72. The minimum atomic E-state index is -0.173. The molecular weight excluding hydrogens is 300 g/mol. The lowest BCUT2D eigenvalue weighted by Gasteiger charge is -2.24. The molecule has 0 aliphatic heterocycles. The van der Waals surface area contributed by atoms with Gasteiger partial charge in [-0.1, -0.05) is 36.4 Å². The van der Waals surface area contributed by atoms with Gasteiger partial charge in [-0.2, -0.15) is 5.10 Å². The Hall–Kier alpha value is -2.82. The molecule has 2 N–H and O–H groups in total. The Balaban J connectivity index is 1.53. The second-order valence-corrected chi connectivity index (χ2v) is 6.24. The summed E-state index contributed by atoms with van der Waals surface area (Å²) in [5.74, 6) is 0. The molecule has 1 aromatic heterocycles. The molecule has 1 aliphatic carbocycles. The van der Waals surface area contributed by atoms with Gasteiger partial charge in [0.15, 0.2) is 0 Å². The molecule has 2 aromatic carbocycles. The van der Waals surface area contributed by atoms with Crippen molar-refractivity contribution in [2.75, 3.05) is 5.32 Å². The van der Waals surface area contributed by atoms with E-state index in [1.54, 1.807) is 0 Å². The molecule has 24 heavy (non-hydrogen) atoms. The van der Waals surface area contributed by atoms with Crippen LogP contribution in [0.4, 0.5) is 10.5 Å². The van der Waals surface area contributed by atoms with Gasteiger partial charge in [0.1, 0.15) is 0 Å². The van der Waals surface area contributed by atoms with E-state index >= 15 is 0 Å². The van der Waals surface area contributed by atoms with Crippen LogP contribution in [0.1, 0.15) is 30.1 Å². The summed E-state index contributed by atoms with van der Waals surface area (Å²) in [6.07, 6.45) is 4.90. The fourth-order valence-electron chi connectivity index (χ4n) is 3.51. The molecule has 2 amide bonds. The Labute approximate surface area is 140 Å². The van der Waals surface area contributed by atoms with E-state index in [0.29, 0.717) is 0 Å². The van der Waals surface area contributed by atoms with Gasteiger partial charge in [-0.05, 0) is 30.7 Å². The van der Waals surface area contributed by atoms with Crippen LogP contribution in [0.3, 0.4) is 0 Å². The first-order valence-electron chi connectivity index (χ1n) is 8.28. The monoisotopic (exact) mass is 320 g/mol. The summed E-state index contributed by atoms with van der Waals surface area (Å²) in [6, 6.07) is 13.8. The van der Waals surface area contributed by atoms with Crippen LogP contribution in [0.25, 0.3) is 10.8 Å². The fraction of sp³-hybridized carbons (Fsp3) is 0.263. The molecule has 1 heterocycles. The number of anilines is 1. The molecule has 1 aliphatic rings. The van der Waals surface area contributed by atoms with Gasteiger partial charge in [-0.3, -0.25) is 4.68 Å². The van der Waals surface area contributed by atoms with Crippen LogP contribution in [0, 0.1) is 0 Å². The van der Waals surface area contributed by atoms with Crippen molar-refractivity contribution in [1.29, 1.82) is 0 Å². The first-order chi connectivity index (χ1) is 11.7. The molecule has 0 fully saturated rings. The molecule has 1 atom stereocenters. The number of fused-ring (bicyclic) bond motifs is 2. The molecule has 3 aromatic rings. The highest BCUT2D eigenvalue weighted by molar-refractivity contribution is 6.01. The van der Waals surface area contributed by atoms with E-state index in [4.69, 9.17) is 0 Å². The maximum atomic E-state index is 12.5. The summed E-state index contributed by atoms with van der Waals surface area (Å²) in [5.41, 5.74) is 3.18. The van der Waals surface area contributed by atoms with Gasteiger partial charge < -0.3 is 10.6 Å². The highest BCUT2D eigenvalue weighted by atomic mass is 16.2. The molecule has 5 nitrogen and oxygen atoms in total. The quantitative estimate of drug-likeness (QED) is 0.755. The number of nitrogens with one attached hydrogen (secondary N) is 2. The number of benzene rings is 2. The maximum Gasteiger partial charge on any atom is 0.319 e. The number of hydrogen-bond acceptors (Lipinski definition) is 2. The SMILES string of the molecule is Cn1ncc2c1CCC[C@@H]2NC(=O)Nc1cccc2ccccc12. The van der Waals surface area contributed by atoms with Crippen molar-refractivity contribution in [2.24, 2.45) is 7.05 Å². The van der Waals surface area contributed by atoms with Gasteiger partial charge in [-0.15, -0.1) is 0 Å². The minimum Gasteiger partial charge on any atom is -0.331 e. The lowest BCUT2D eigenvalue weighted by molar-refractivity contribution is 0.247. The van der Waals surface area contributed by atoms with Gasteiger partial charge in [0.05, 0.1) is 17.9 Å². The van der Waals surface area contributed by atoms with Crippen molar-refractivity contribution in [3.8, 4) is 0 Å². The minimum absolute atomic E-state index is 0.0254. The molecule has 122 valence electrons. The van der Waals surface area contributed by atoms with E-state index in [1.165, 1.54) is 5.69 Å². The van der Waals surface area contributed by atoms with Crippen LogP contribution in [0.15, 0.2) is 48.7 Å². The van der Waals surface area contributed by atoms with Crippen molar-refractivity contribution in [3.63, 3.8) is 0 Å². The van der Waals surface area contributed by atoms with Gasteiger partial charge in [0.2, 0.25) is 0 Å². The zero-order valence-electron chi connectivity index (χ0n) is 13.6. The van der Waals surface area contributed by atoms with Gasteiger partial charge in [0.25, 0.3) is 0 Å². The lowest BCUT2D eigenvalue weighted by Crippen LogP contribution is -2.34. The Morgan fingerprint density at radius 2 is 2.04 bits per heavy atom. The van der Waals surface area contributed by atoms with Gasteiger partial charge in [-0.25, -0.2) is 4.79 Å². The third-order valence-corrected chi connectivity index (χ3v) is 4.72. The van der Waals surface area contributed by atoms with E-state index < -0.39 is 0 Å². The van der Waals surface area contributed by atoms with Crippen LogP contribution in [0.5, 0.6) is 0 Å². The van der Waals surface area contributed by atoms with E-state index in [0.717, 1.165) is 41.3 Å². The second-order valence-electron chi connectivity index (χ2n) is 6.24. The molecule has 0 saturated carbocycles. The first-order valence-corrected chi connectivity index (χ1v) is 8.28. The lowest BCUT2D eigenvalue weighted by atomic mass is 9.93. The first kappa shape index (κ1) is 14.8. The summed E-state index contributed by atoms with van der Waals surface area (Å²) in [6.45, 7) is 0. The van der Waals surface area contributed by atoms with Gasteiger partial charge in [0, 0.05) is 23.7 Å². The van der Waals surface area contributed by atoms with E-state index in [9.17, 15) is 4.79 Å². The predicted molar refractivity (Wildman–Crippen MR) is 95.0 cm³/mol. The standard InChI is InChI=1S/C19H20N4O/c1-23-18-11-5-10-17(15(18)12-20-23)22-19(24)21-16-9-4-7-13-6-2-3-8-14(13)16/h2-4,6-9,12,17H,5,10-11H2,1H3,(H2,21,22,24)/t17-/m0/s1. The van der Waals surface area contributed by atoms with Crippen LogP contribution in [0.2, 0.25) is 0 Å². The summed E-state index contributed by atoms with van der Waals surface area (Å²) in [5, 5.41) is 12.6. The molecule has 0 unspecified atom stereocenters. The second kappa shape index (κ2) is 6.00. The van der Waals surface area contributed by atoms with Crippen LogP contribution in [-0.2, 0) is 13.5 Å². The molecule has 0 spiro atoms. The zero-order valence-corrected chi connectivity index (χ0v) is 13.6. The van der Waals surface area contributed by atoms with Crippen molar-refractivity contribution < 1.29 is 4.79 Å². The highest BCUT2D eigenvalue weighted by Gasteiger charge is 2.24. The number of amides is 2. The largest absolute Gasteiger partial charge is 0.331 e. The Morgan fingerprint density at radius 1 is 1.21 bits per heavy atom. The number of aryl methyl sites for hydroxylation is 1. The average Bonchev–Trinajstić information content (AvgIpc) is 2.98. The predicted octanol–water partition coefficient (Wildman–Crippen LogP) is 3.77. The number of hydrogen-bond donors (Lipinski definition) is 2. The average molecular weight is 320 g/mol. The maximum absolute atomic E-state index is 12.5. The number of rotatable bonds is 2. The Bertz CT molecular complexity index is 894. The van der Waals surface area contributed by atoms with Crippen LogP contribution in [-0.4, -0.2) is 15.8 Å². The van der Waals surface area contributed by atoms with Crippen molar-refractivity contribution in [2.45, 2.75) is 25.3 Å². The van der Waals surface area contributed by atoms with E-state index in [-0.39, 0.29) is 12.1 Å². The molecule has 0 saturated heterocycles. The normalized spacial score (nSPS) is 16.6. The summed E-state index contributed by atoms with van der Waals surface area (Å²) < 4.78 is 1.91. The van der Waals surface area contributed by atoms with E-state index in [2.05, 4.69) is 15.7 Å². The molecule has 5 heteroatoms. The topological polar surface area (TPSA) is 59.0 Å². The zero-order chi connectivity index (χ0) is 16.5. The summed E-state index contributed by atoms with van der Waals surface area (Å²) >= 11 is 0. The molecular formula is C19H20N4O. The number of aromatic nitrogens is 2. The highest BCUT2D eigenvalue weighted by Crippen LogP contribution is 2.29. The number of nitrogens with zero attached hydrogens (tertiary/aromatic N) is 2. The van der Waals surface area contributed by atoms with E-state index in [1.807, 2.05) is 60.4 Å². The summed E-state index contributed by atoms with van der Waals surface area (Å²) in [7, 11) is 1.96. The Morgan fingerprint density at radius 3 is 2.96 bits per heavy atom.